The lowest BCUT2D eigenvalue weighted by molar-refractivity contribution is -0.120. The molecule has 1 aromatic carbocycles. The molecule has 5 heteroatoms. The molecule has 3 aromatic rings. The zero-order valence-corrected chi connectivity index (χ0v) is 16.4. The number of amides is 1. The Morgan fingerprint density at radius 1 is 1.19 bits per heavy atom. The maximum atomic E-state index is 12.8. The maximum absolute atomic E-state index is 12.8. The van der Waals surface area contributed by atoms with E-state index in [2.05, 4.69) is 47.3 Å². The predicted molar refractivity (Wildman–Crippen MR) is 105 cm³/mol. The van der Waals surface area contributed by atoms with E-state index in [1.807, 2.05) is 32.2 Å². The normalized spacial score (nSPS) is 12.0. The molecule has 1 N–H and O–H groups in total. The van der Waals surface area contributed by atoms with Gasteiger partial charge in [0.2, 0.25) is 5.91 Å². The summed E-state index contributed by atoms with van der Waals surface area (Å²) in [5.74, 6) is -0.00786. The van der Waals surface area contributed by atoms with Crippen LogP contribution in [0.25, 0.3) is 0 Å². The molecule has 2 aromatic heterocycles. The summed E-state index contributed by atoms with van der Waals surface area (Å²) in [4.78, 5) is 22.4. The molecule has 0 aliphatic rings. The minimum atomic E-state index is -0.217. The van der Waals surface area contributed by atoms with Crippen molar-refractivity contribution in [2.24, 2.45) is 0 Å². The summed E-state index contributed by atoms with van der Waals surface area (Å²) >= 11 is 1.58. The largest absolute Gasteiger partial charge is 0.345 e. The van der Waals surface area contributed by atoms with Crippen LogP contribution in [0.2, 0.25) is 0 Å². The van der Waals surface area contributed by atoms with Crippen molar-refractivity contribution in [1.29, 1.82) is 0 Å². The van der Waals surface area contributed by atoms with Gasteiger partial charge in [-0.1, -0.05) is 29.8 Å². The van der Waals surface area contributed by atoms with Crippen LogP contribution in [-0.4, -0.2) is 15.9 Å². The third kappa shape index (κ3) is 4.17. The van der Waals surface area contributed by atoms with Crippen molar-refractivity contribution in [1.82, 2.24) is 15.3 Å². The number of aryl methyl sites for hydroxylation is 4. The second-order valence-corrected chi connectivity index (χ2v) is 7.85. The van der Waals surface area contributed by atoms with Crippen molar-refractivity contribution in [2.45, 2.75) is 40.2 Å². The molecule has 0 bridgehead atoms. The van der Waals surface area contributed by atoms with Gasteiger partial charge in [-0.05, 0) is 50.5 Å². The van der Waals surface area contributed by atoms with Crippen LogP contribution < -0.4 is 5.32 Å². The van der Waals surface area contributed by atoms with Crippen LogP contribution in [0, 0.1) is 27.7 Å². The zero-order chi connectivity index (χ0) is 18.7. The van der Waals surface area contributed by atoms with E-state index in [1.54, 1.807) is 17.5 Å². The van der Waals surface area contributed by atoms with E-state index in [0.717, 1.165) is 32.3 Å². The first-order valence-electron chi connectivity index (χ1n) is 8.63. The van der Waals surface area contributed by atoms with E-state index in [-0.39, 0.29) is 11.9 Å². The van der Waals surface area contributed by atoms with Gasteiger partial charge in [-0.25, -0.2) is 4.98 Å². The summed E-state index contributed by atoms with van der Waals surface area (Å²) in [7, 11) is 0. The molecule has 1 unspecified atom stereocenters. The molecule has 0 radical (unpaired) electrons. The van der Waals surface area contributed by atoms with E-state index in [9.17, 15) is 4.79 Å². The highest BCUT2D eigenvalue weighted by molar-refractivity contribution is 7.11. The molecule has 26 heavy (non-hydrogen) atoms. The van der Waals surface area contributed by atoms with E-state index in [4.69, 9.17) is 0 Å². The number of aromatic nitrogens is 2. The summed E-state index contributed by atoms with van der Waals surface area (Å²) < 4.78 is 0. The fraction of sp³-hybridized carbons (Fsp3) is 0.286. The number of benzene rings is 1. The van der Waals surface area contributed by atoms with Gasteiger partial charge in [0.1, 0.15) is 0 Å². The third-order valence-corrected chi connectivity index (χ3v) is 5.46. The Hall–Kier alpha value is -2.53. The molecule has 0 aliphatic carbocycles. The zero-order valence-electron chi connectivity index (χ0n) is 15.5. The highest BCUT2D eigenvalue weighted by Gasteiger charge is 2.20. The maximum Gasteiger partial charge on any atom is 0.226 e. The third-order valence-electron chi connectivity index (χ3n) is 4.39. The fourth-order valence-electron chi connectivity index (χ4n) is 3.05. The van der Waals surface area contributed by atoms with Crippen molar-refractivity contribution in [3.63, 3.8) is 0 Å². The second-order valence-electron chi connectivity index (χ2n) is 6.57. The minimum Gasteiger partial charge on any atom is -0.345 e. The average molecular weight is 366 g/mol. The van der Waals surface area contributed by atoms with Crippen LogP contribution in [0.15, 0.2) is 42.7 Å². The SMILES string of the molecule is Cc1ccc(C)c(C(NC(=O)Cc2sc(C)nc2C)c2cccnc2)c1. The van der Waals surface area contributed by atoms with Gasteiger partial charge in [0.25, 0.3) is 0 Å². The molecule has 134 valence electrons. The molecule has 3 rings (SSSR count). The lowest BCUT2D eigenvalue weighted by Crippen LogP contribution is -2.31. The summed E-state index contributed by atoms with van der Waals surface area (Å²) in [5.41, 5.74) is 5.33. The van der Waals surface area contributed by atoms with Gasteiger partial charge < -0.3 is 5.32 Å². The van der Waals surface area contributed by atoms with E-state index in [0.29, 0.717) is 6.42 Å². The van der Waals surface area contributed by atoms with Crippen molar-refractivity contribution in [3.05, 3.63) is 80.6 Å². The molecular formula is C21H23N3OS. The average Bonchev–Trinajstić information content (AvgIpc) is 2.93. The van der Waals surface area contributed by atoms with Crippen molar-refractivity contribution in [2.75, 3.05) is 0 Å². The predicted octanol–water partition coefficient (Wildman–Crippen LogP) is 4.22. The number of rotatable bonds is 5. The summed E-state index contributed by atoms with van der Waals surface area (Å²) in [5, 5.41) is 4.19. The summed E-state index contributed by atoms with van der Waals surface area (Å²) in [6.07, 6.45) is 3.91. The quantitative estimate of drug-likeness (QED) is 0.736. The Balaban J connectivity index is 1.90. The Bertz CT molecular complexity index is 918. The summed E-state index contributed by atoms with van der Waals surface area (Å²) in [6.45, 7) is 8.05. The number of thiazole rings is 1. The van der Waals surface area contributed by atoms with E-state index in [1.165, 1.54) is 5.56 Å². The number of pyridine rings is 1. The van der Waals surface area contributed by atoms with Gasteiger partial charge in [-0.2, -0.15) is 0 Å². The standard InChI is InChI=1S/C21H23N3OS/c1-13-7-8-14(2)18(10-13)21(17-6-5-9-22-12-17)24-20(25)11-19-15(3)23-16(4)26-19/h5-10,12,21H,11H2,1-4H3,(H,24,25). The lowest BCUT2D eigenvalue weighted by atomic mass is 9.94. The molecule has 0 saturated heterocycles. The van der Waals surface area contributed by atoms with Gasteiger partial charge >= 0.3 is 0 Å². The molecule has 0 fully saturated rings. The van der Waals surface area contributed by atoms with Crippen molar-refractivity contribution in [3.8, 4) is 0 Å². The van der Waals surface area contributed by atoms with E-state index >= 15 is 0 Å². The van der Waals surface area contributed by atoms with Gasteiger partial charge in [-0.3, -0.25) is 9.78 Å². The molecule has 0 saturated carbocycles. The first-order valence-corrected chi connectivity index (χ1v) is 9.45. The van der Waals surface area contributed by atoms with Gasteiger partial charge in [-0.15, -0.1) is 11.3 Å². The molecule has 4 nitrogen and oxygen atoms in total. The number of hydrogen-bond donors (Lipinski definition) is 1. The lowest BCUT2D eigenvalue weighted by Gasteiger charge is -2.22. The molecule has 1 amide bonds. The van der Waals surface area contributed by atoms with Crippen LogP contribution in [0.1, 0.15) is 43.9 Å². The number of nitrogens with zero attached hydrogens (tertiary/aromatic N) is 2. The van der Waals surface area contributed by atoms with E-state index < -0.39 is 0 Å². The van der Waals surface area contributed by atoms with Gasteiger partial charge in [0.05, 0.1) is 23.2 Å². The topological polar surface area (TPSA) is 54.9 Å². The van der Waals surface area contributed by atoms with Gasteiger partial charge in [0, 0.05) is 17.3 Å². The molecule has 0 spiro atoms. The second kappa shape index (κ2) is 7.79. The number of carbonyl (C=O) groups excluding carboxylic acids is 1. The van der Waals surface area contributed by atoms with Crippen LogP contribution in [0.5, 0.6) is 0 Å². The Morgan fingerprint density at radius 2 is 2.00 bits per heavy atom. The van der Waals surface area contributed by atoms with Crippen molar-refractivity contribution >= 4 is 17.2 Å². The van der Waals surface area contributed by atoms with Crippen LogP contribution in [0.3, 0.4) is 0 Å². The Kier molecular flexibility index (Phi) is 5.47. The minimum absolute atomic E-state index is 0.00786. The van der Waals surface area contributed by atoms with Crippen molar-refractivity contribution < 1.29 is 4.79 Å². The van der Waals surface area contributed by atoms with Crippen LogP contribution in [-0.2, 0) is 11.2 Å². The smallest absolute Gasteiger partial charge is 0.226 e. The molecule has 1 atom stereocenters. The number of nitrogens with one attached hydrogen (secondary N) is 1. The first-order chi connectivity index (χ1) is 12.4. The number of hydrogen-bond acceptors (Lipinski definition) is 4. The molecule has 2 heterocycles. The summed E-state index contributed by atoms with van der Waals surface area (Å²) in [6, 6.07) is 10.00. The molecule has 0 aliphatic heterocycles. The fourth-order valence-corrected chi connectivity index (χ4v) is 3.99. The van der Waals surface area contributed by atoms with Crippen LogP contribution >= 0.6 is 11.3 Å². The molecular weight excluding hydrogens is 342 g/mol. The van der Waals surface area contributed by atoms with Crippen LogP contribution in [0.4, 0.5) is 0 Å². The monoisotopic (exact) mass is 365 g/mol. The number of carbonyl (C=O) groups is 1. The Labute approximate surface area is 158 Å². The van der Waals surface area contributed by atoms with Gasteiger partial charge in [0.15, 0.2) is 0 Å². The highest BCUT2D eigenvalue weighted by Crippen LogP contribution is 2.26. The first kappa shape index (κ1) is 18.3. The highest BCUT2D eigenvalue weighted by atomic mass is 32.1. The Morgan fingerprint density at radius 3 is 2.65 bits per heavy atom.